The Morgan fingerprint density at radius 3 is 2.50 bits per heavy atom. The average Bonchev–Trinajstić information content (AvgIpc) is 3.11. The van der Waals surface area contributed by atoms with Crippen LogP contribution in [0.5, 0.6) is 0 Å². The molecule has 18 heavy (non-hydrogen) atoms. The average molecular weight is 247 g/mol. The highest BCUT2D eigenvalue weighted by atomic mass is 16.4. The molecule has 0 aliphatic heterocycles. The van der Waals surface area contributed by atoms with E-state index in [1.165, 1.54) is 12.8 Å². The van der Waals surface area contributed by atoms with Crippen LogP contribution in [0.15, 0.2) is 24.3 Å². The fraction of sp³-hybridized carbons (Fsp3) is 0.533. The molecule has 1 saturated carbocycles. The standard InChI is InChI=1S/C15H21NO2/c1-15(2,13-7-8-13)16-10-12-6-4-3-5-11(12)9-14(17)18/h3-6,13,16H,7-10H2,1-2H3,(H,17,18). The van der Waals surface area contributed by atoms with Gasteiger partial charge in [0.1, 0.15) is 0 Å². The zero-order chi connectivity index (χ0) is 13.2. The third-order valence-corrected chi connectivity index (χ3v) is 3.79. The number of aliphatic carboxylic acids is 1. The maximum atomic E-state index is 10.8. The molecular formula is C15H21NO2. The first-order chi connectivity index (χ1) is 8.49. The maximum absolute atomic E-state index is 10.8. The fourth-order valence-electron chi connectivity index (χ4n) is 2.34. The molecule has 1 fully saturated rings. The van der Waals surface area contributed by atoms with E-state index in [2.05, 4.69) is 19.2 Å². The van der Waals surface area contributed by atoms with Gasteiger partial charge in [-0.1, -0.05) is 24.3 Å². The van der Waals surface area contributed by atoms with Crippen molar-refractivity contribution >= 4 is 5.97 Å². The maximum Gasteiger partial charge on any atom is 0.307 e. The molecule has 1 aromatic carbocycles. The molecule has 1 aliphatic rings. The molecule has 0 radical (unpaired) electrons. The zero-order valence-corrected chi connectivity index (χ0v) is 11.1. The van der Waals surface area contributed by atoms with E-state index < -0.39 is 5.97 Å². The Bertz CT molecular complexity index is 436. The van der Waals surface area contributed by atoms with Gasteiger partial charge in [0.25, 0.3) is 0 Å². The van der Waals surface area contributed by atoms with Crippen LogP contribution in [0.2, 0.25) is 0 Å². The first-order valence-electron chi connectivity index (χ1n) is 6.52. The van der Waals surface area contributed by atoms with Crippen LogP contribution in [0.25, 0.3) is 0 Å². The normalized spacial score (nSPS) is 15.7. The SMILES string of the molecule is CC(C)(NCc1ccccc1CC(=O)O)C1CC1. The molecule has 2 N–H and O–H groups in total. The second-order valence-corrected chi connectivity index (χ2v) is 5.69. The summed E-state index contributed by atoms with van der Waals surface area (Å²) in [7, 11) is 0. The van der Waals surface area contributed by atoms with E-state index in [0.717, 1.165) is 23.6 Å². The van der Waals surface area contributed by atoms with E-state index in [1.54, 1.807) is 0 Å². The van der Waals surface area contributed by atoms with Crippen molar-refractivity contribution in [3.05, 3.63) is 35.4 Å². The molecule has 0 heterocycles. The van der Waals surface area contributed by atoms with Crippen LogP contribution in [-0.4, -0.2) is 16.6 Å². The summed E-state index contributed by atoms with van der Waals surface area (Å²) in [6, 6.07) is 7.77. The Hall–Kier alpha value is -1.35. The van der Waals surface area contributed by atoms with Gasteiger partial charge in [-0.3, -0.25) is 4.79 Å². The number of rotatable bonds is 6. The smallest absolute Gasteiger partial charge is 0.307 e. The Labute approximate surface area is 108 Å². The number of carboxylic acid groups (broad SMARTS) is 1. The molecule has 1 aromatic rings. The lowest BCUT2D eigenvalue weighted by molar-refractivity contribution is -0.136. The third-order valence-electron chi connectivity index (χ3n) is 3.79. The summed E-state index contributed by atoms with van der Waals surface area (Å²) in [4.78, 5) is 10.8. The molecule has 0 aromatic heterocycles. The van der Waals surface area contributed by atoms with Crippen molar-refractivity contribution in [2.24, 2.45) is 5.92 Å². The second-order valence-electron chi connectivity index (χ2n) is 5.69. The van der Waals surface area contributed by atoms with E-state index in [9.17, 15) is 4.79 Å². The predicted molar refractivity (Wildman–Crippen MR) is 71.4 cm³/mol. The summed E-state index contributed by atoms with van der Waals surface area (Å²) in [6.07, 6.45) is 2.70. The van der Waals surface area contributed by atoms with Crippen molar-refractivity contribution in [2.75, 3.05) is 0 Å². The largest absolute Gasteiger partial charge is 0.481 e. The first-order valence-corrected chi connectivity index (χ1v) is 6.52. The van der Waals surface area contributed by atoms with Crippen LogP contribution in [0, 0.1) is 5.92 Å². The molecule has 0 spiro atoms. The van der Waals surface area contributed by atoms with Gasteiger partial charge in [0.15, 0.2) is 0 Å². The number of hydrogen-bond acceptors (Lipinski definition) is 2. The van der Waals surface area contributed by atoms with Gasteiger partial charge in [-0.15, -0.1) is 0 Å². The molecule has 3 heteroatoms. The van der Waals surface area contributed by atoms with Gasteiger partial charge in [0.05, 0.1) is 6.42 Å². The monoisotopic (exact) mass is 247 g/mol. The Balaban J connectivity index is 2.02. The van der Waals surface area contributed by atoms with Gasteiger partial charge in [-0.25, -0.2) is 0 Å². The van der Waals surface area contributed by atoms with Crippen LogP contribution in [0.4, 0.5) is 0 Å². The van der Waals surface area contributed by atoms with Gasteiger partial charge in [0.2, 0.25) is 0 Å². The summed E-state index contributed by atoms with van der Waals surface area (Å²) in [5.74, 6) is -0.00645. The van der Waals surface area contributed by atoms with E-state index in [1.807, 2.05) is 24.3 Å². The molecule has 98 valence electrons. The van der Waals surface area contributed by atoms with Crippen LogP contribution in [-0.2, 0) is 17.8 Å². The highest BCUT2D eigenvalue weighted by Gasteiger charge is 2.37. The highest BCUT2D eigenvalue weighted by molar-refractivity contribution is 5.70. The van der Waals surface area contributed by atoms with E-state index >= 15 is 0 Å². The summed E-state index contributed by atoms with van der Waals surface area (Å²) < 4.78 is 0. The molecule has 0 unspecified atom stereocenters. The summed E-state index contributed by atoms with van der Waals surface area (Å²) in [6.45, 7) is 5.20. The minimum absolute atomic E-state index is 0.0989. The summed E-state index contributed by atoms with van der Waals surface area (Å²) >= 11 is 0. The lowest BCUT2D eigenvalue weighted by Gasteiger charge is -2.27. The van der Waals surface area contributed by atoms with E-state index in [0.29, 0.717) is 0 Å². The first kappa shape index (κ1) is 13.1. The summed E-state index contributed by atoms with van der Waals surface area (Å²) in [5.41, 5.74) is 2.15. The molecular weight excluding hydrogens is 226 g/mol. The topological polar surface area (TPSA) is 49.3 Å². The van der Waals surface area contributed by atoms with Crippen molar-refractivity contribution < 1.29 is 9.90 Å². The summed E-state index contributed by atoms with van der Waals surface area (Å²) in [5, 5.41) is 12.5. The minimum Gasteiger partial charge on any atom is -0.481 e. The highest BCUT2D eigenvalue weighted by Crippen LogP contribution is 2.39. The molecule has 2 rings (SSSR count). The lowest BCUT2D eigenvalue weighted by Crippen LogP contribution is -2.40. The van der Waals surface area contributed by atoms with Gasteiger partial charge in [-0.2, -0.15) is 0 Å². The third kappa shape index (κ3) is 3.33. The van der Waals surface area contributed by atoms with Crippen LogP contribution in [0.1, 0.15) is 37.8 Å². The number of hydrogen-bond donors (Lipinski definition) is 2. The molecule has 0 bridgehead atoms. The molecule has 1 aliphatic carbocycles. The number of benzene rings is 1. The predicted octanol–water partition coefficient (Wildman–Crippen LogP) is 2.59. The number of carbonyl (C=O) groups is 1. The number of nitrogens with one attached hydrogen (secondary N) is 1. The lowest BCUT2D eigenvalue weighted by atomic mass is 9.97. The minimum atomic E-state index is -0.774. The number of carboxylic acids is 1. The van der Waals surface area contributed by atoms with Crippen molar-refractivity contribution in [3.63, 3.8) is 0 Å². The molecule has 0 saturated heterocycles. The van der Waals surface area contributed by atoms with Crippen molar-refractivity contribution in [1.82, 2.24) is 5.32 Å². The molecule has 0 atom stereocenters. The van der Waals surface area contributed by atoms with E-state index in [-0.39, 0.29) is 12.0 Å². The van der Waals surface area contributed by atoms with Crippen molar-refractivity contribution in [2.45, 2.75) is 45.2 Å². The Morgan fingerprint density at radius 2 is 1.94 bits per heavy atom. The second kappa shape index (κ2) is 5.11. The quantitative estimate of drug-likeness (QED) is 0.812. The van der Waals surface area contributed by atoms with E-state index in [4.69, 9.17) is 5.11 Å². The fourth-order valence-corrected chi connectivity index (χ4v) is 2.34. The van der Waals surface area contributed by atoms with Crippen molar-refractivity contribution in [3.8, 4) is 0 Å². The van der Waals surface area contributed by atoms with Crippen LogP contribution >= 0.6 is 0 Å². The van der Waals surface area contributed by atoms with Gasteiger partial charge >= 0.3 is 5.97 Å². The van der Waals surface area contributed by atoms with Gasteiger partial charge in [-0.05, 0) is 43.7 Å². The van der Waals surface area contributed by atoms with Crippen LogP contribution < -0.4 is 5.32 Å². The van der Waals surface area contributed by atoms with Gasteiger partial charge < -0.3 is 10.4 Å². The van der Waals surface area contributed by atoms with Crippen molar-refractivity contribution in [1.29, 1.82) is 0 Å². The Morgan fingerprint density at radius 1 is 1.33 bits per heavy atom. The molecule has 3 nitrogen and oxygen atoms in total. The zero-order valence-electron chi connectivity index (χ0n) is 11.1. The molecule has 0 amide bonds. The van der Waals surface area contributed by atoms with Gasteiger partial charge in [0, 0.05) is 12.1 Å². The van der Waals surface area contributed by atoms with Crippen LogP contribution in [0.3, 0.4) is 0 Å². The Kier molecular flexibility index (Phi) is 3.71.